The smallest absolute Gasteiger partial charge is 0.406 e. The number of carbonyl (C=O) groups excluding carboxylic acids is 1. The number of benzene rings is 1. The zero-order chi connectivity index (χ0) is 15.3. The third-order valence-electron chi connectivity index (χ3n) is 2.32. The quantitative estimate of drug-likeness (QED) is 0.849. The van der Waals surface area contributed by atoms with Gasteiger partial charge in [0.05, 0.1) is 5.56 Å². The van der Waals surface area contributed by atoms with Crippen LogP contribution in [0.25, 0.3) is 0 Å². The summed E-state index contributed by atoms with van der Waals surface area (Å²) in [6.07, 6.45) is -2.98. The average molecular weight is 307 g/mol. The number of thioether (sulfide) groups is 1. The molecule has 0 aromatic heterocycles. The molecule has 110 valence electrons. The Hall–Kier alpha value is -1.70. The van der Waals surface area contributed by atoms with Gasteiger partial charge in [-0.2, -0.15) is 13.2 Å². The number of carboxylic acid groups (broad SMARTS) is 1. The van der Waals surface area contributed by atoms with Crippen LogP contribution in [-0.4, -0.2) is 47.4 Å². The predicted octanol–water partition coefficient (Wildman–Crippen LogP) is 2.50. The van der Waals surface area contributed by atoms with E-state index >= 15 is 0 Å². The minimum absolute atomic E-state index is 0.0606. The Morgan fingerprint density at radius 2 is 1.90 bits per heavy atom. The average Bonchev–Trinajstić information content (AvgIpc) is 2.35. The maximum absolute atomic E-state index is 12.4. The van der Waals surface area contributed by atoms with Gasteiger partial charge < -0.3 is 10.0 Å². The molecule has 1 rings (SSSR count). The van der Waals surface area contributed by atoms with Gasteiger partial charge in [0.25, 0.3) is 5.91 Å². The fourth-order valence-electron chi connectivity index (χ4n) is 1.57. The van der Waals surface area contributed by atoms with E-state index in [4.69, 9.17) is 5.11 Å². The number of hydrogen-bond donors (Lipinski definition) is 1. The van der Waals surface area contributed by atoms with E-state index in [9.17, 15) is 22.8 Å². The Morgan fingerprint density at radius 3 is 2.40 bits per heavy atom. The minimum Gasteiger partial charge on any atom is -0.480 e. The van der Waals surface area contributed by atoms with Crippen molar-refractivity contribution in [3.05, 3.63) is 29.8 Å². The Kier molecular flexibility index (Phi) is 5.43. The third-order valence-corrected chi connectivity index (χ3v) is 3.12. The van der Waals surface area contributed by atoms with Crippen molar-refractivity contribution in [1.82, 2.24) is 4.90 Å². The molecule has 1 N–H and O–H groups in total. The molecular formula is C12H12F3NO3S. The molecule has 0 bridgehead atoms. The van der Waals surface area contributed by atoms with E-state index < -0.39 is 31.1 Å². The molecule has 1 aromatic rings. The number of nitrogens with zero attached hydrogens (tertiary/aromatic N) is 1. The standard InChI is InChI=1S/C12H12F3NO3S/c1-20-9-5-3-2-4-8(9)11(19)16(6-10(17)18)7-12(13,14)15/h2-5H,6-7H2,1H3,(H,17,18). The molecule has 0 saturated heterocycles. The number of amides is 1. The molecule has 8 heteroatoms. The monoisotopic (exact) mass is 307 g/mol. The van der Waals surface area contributed by atoms with Crippen LogP contribution >= 0.6 is 11.8 Å². The summed E-state index contributed by atoms with van der Waals surface area (Å²) < 4.78 is 37.3. The SMILES string of the molecule is CSc1ccccc1C(=O)N(CC(=O)O)CC(F)(F)F. The second-order valence-corrected chi connectivity index (χ2v) is 4.72. The molecule has 0 heterocycles. The number of alkyl halides is 3. The molecule has 0 aliphatic rings. The lowest BCUT2D eigenvalue weighted by Gasteiger charge is -2.23. The number of carbonyl (C=O) groups is 2. The van der Waals surface area contributed by atoms with Crippen LogP contribution in [0.2, 0.25) is 0 Å². The molecule has 4 nitrogen and oxygen atoms in total. The van der Waals surface area contributed by atoms with Gasteiger partial charge in [-0.1, -0.05) is 12.1 Å². The zero-order valence-corrected chi connectivity index (χ0v) is 11.3. The van der Waals surface area contributed by atoms with Crippen molar-refractivity contribution >= 4 is 23.6 Å². The molecule has 0 fully saturated rings. The van der Waals surface area contributed by atoms with E-state index in [0.717, 1.165) is 0 Å². The highest BCUT2D eigenvalue weighted by molar-refractivity contribution is 7.98. The Bertz CT molecular complexity index is 505. The van der Waals surface area contributed by atoms with Crippen LogP contribution in [0.15, 0.2) is 29.2 Å². The number of rotatable bonds is 5. The molecule has 0 aliphatic heterocycles. The summed E-state index contributed by atoms with van der Waals surface area (Å²) in [5, 5.41) is 8.64. The molecule has 0 unspecified atom stereocenters. The summed E-state index contributed by atoms with van der Waals surface area (Å²) in [5.41, 5.74) is 0.0606. The number of halogens is 3. The molecule has 20 heavy (non-hydrogen) atoms. The van der Waals surface area contributed by atoms with Gasteiger partial charge >= 0.3 is 12.1 Å². The maximum Gasteiger partial charge on any atom is 0.406 e. The highest BCUT2D eigenvalue weighted by Crippen LogP contribution is 2.23. The first-order chi connectivity index (χ1) is 9.24. The first-order valence-corrected chi connectivity index (χ1v) is 6.68. The van der Waals surface area contributed by atoms with E-state index in [0.29, 0.717) is 4.90 Å². The van der Waals surface area contributed by atoms with Crippen LogP contribution in [0, 0.1) is 0 Å². The van der Waals surface area contributed by atoms with Crippen LogP contribution in [0.5, 0.6) is 0 Å². The van der Waals surface area contributed by atoms with Crippen molar-refractivity contribution in [3.8, 4) is 0 Å². The molecular weight excluding hydrogens is 295 g/mol. The van der Waals surface area contributed by atoms with Crippen LogP contribution in [-0.2, 0) is 4.79 Å². The zero-order valence-electron chi connectivity index (χ0n) is 10.5. The molecule has 0 spiro atoms. The van der Waals surface area contributed by atoms with Gasteiger partial charge in [0, 0.05) is 4.90 Å². The first-order valence-electron chi connectivity index (χ1n) is 5.45. The van der Waals surface area contributed by atoms with E-state index in [2.05, 4.69) is 0 Å². The lowest BCUT2D eigenvalue weighted by molar-refractivity contribution is -0.149. The number of aliphatic carboxylic acids is 1. The summed E-state index contributed by atoms with van der Waals surface area (Å²) in [7, 11) is 0. The van der Waals surface area contributed by atoms with Gasteiger partial charge in [-0.05, 0) is 18.4 Å². The predicted molar refractivity (Wildman–Crippen MR) is 67.8 cm³/mol. The Labute approximate surface area is 117 Å². The van der Waals surface area contributed by atoms with Gasteiger partial charge in [-0.15, -0.1) is 11.8 Å². The lowest BCUT2D eigenvalue weighted by Crippen LogP contribution is -2.42. The lowest BCUT2D eigenvalue weighted by atomic mass is 10.2. The summed E-state index contributed by atoms with van der Waals surface area (Å²) in [5.74, 6) is -2.45. The molecule has 0 aliphatic carbocycles. The molecule has 1 aromatic carbocycles. The van der Waals surface area contributed by atoms with E-state index in [-0.39, 0.29) is 10.5 Å². The summed E-state index contributed by atoms with van der Waals surface area (Å²) >= 11 is 1.20. The largest absolute Gasteiger partial charge is 0.480 e. The molecule has 0 atom stereocenters. The number of carboxylic acids is 1. The van der Waals surface area contributed by atoms with Crippen LogP contribution in [0.1, 0.15) is 10.4 Å². The fraction of sp³-hybridized carbons (Fsp3) is 0.333. The van der Waals surface area contributed by atoms with Gasteiger partial charge in [0.15, 0.2) is 0 Å². The summed E-state index contributed by atoms with van der Waals surface area (Å²) in [6, 6.07) is 6.12. The molecule has 0 saturated carbocycles. The second kappa shape index (κ2) is 6.65. The fourth-order valence-corrected chi connectivity index (χ4v) is 2.16. The highest BCUT2D eigenvalue weighted by atomic mass is 32.2. The van der Waals surface area contributed by atoms with Crippen molar-refractivity contribution in [2.75, 3.05) is 19.3 Å². The Morgan fingerprint density at radius 1 is 1.30 bits per heavy atom. The van der Waals surface area contributed by atoms with Crippen molar-refractivity contribution < 1.29 is 27.9 Å². The summed E-state index contributed by atoms with van der Waals surface area (Å²) in [6.45, 7) is -2.60. The third kappa shape index (κ3) is 4.76. The van der Waals surface area contributed by atoms with Crippen molar-refractivity contribution in [3.63, 3.8) is 0 Å². The topological polar surface area (TPSA) is 57.6 Å². The van der Waals surface area contributed by atoms with E-state index in [1.807, 2.05) is 0 Å². The van der Waals surface area contributed by atoms with Crippen molar-refractivity contribution in [2.45, 2.75) is 11.1 Å². The van der Waals surface area contributed by atoms with Crippen LogP contribution < -0.4 is 0 Å². The number of hydrogen-bond acceptors (Lipinski definition) is 3. The second-order valence-electron chi connectivity index (χ2n) is 3.87. The molecule has 0 radical (unpaired) electrons. The highest BCUT2D eigenvalue weighted by Gasteiger charge is 2.34. The van der Waals surface area contributed by atoms with E-state index in [1.165, 1.54) is 23.9 Å². The van der Waals surface area contributed by atoms with Crippen molar-refractivity contribution in [1.29, 1.82) is 0 Å². The van der Waals surface area contributed by atoms with Gasteiger partial charge in [0.1, 0.15) is 13.1 Å². The van der Waals surface area contributed by atoms with E-state index in [1.54, 1.807) is 18.4 Å². The maximum atomic E-state index is 12.4. The van der Waals surface area contributed by atoms with Crippen molar-refractivity contribution in [2.24, 2.45) is 0 Å². The van der Waals surface area contributed by atoms with Gasteiger partial charge in [0.2, 0.25) is 0 Å². The van der Waals surface area contributed by atoms with Gasteiger partial charge in [-0.3, -0.25) is 9.59 Å². The summed E-state index contributed by atoms with van der Waals surface area (Å²) in [4.78, 5) is 23.5. The van der Waals surface area contributed by atoms with Crippen LogP contribution in [0.4, 0.5) is 13.2 Å². The normalized spacial score (nSPS) is 11.2. The molecule has 1 amide bonds. The van der Waals surface area contributed by atoms with Gasteiger partial charge in [-0.25, -0.2) is 0 Å². The Balaban J connectivity index is 3.06. The van der Waals surface area contributed by atoms with Crippen LogP contribution in [0.3, 0.4) is 0 Å². The first kappa shape index (κ1) is 16.4. The minimum atomic E-state index is -4.65.